The van der Waals surface area contributed by atoms with Crippen molar-refractivity contribution in [3.8, 4) is 0 Å². The van der Waals surface area contributed by atoms with Gasteiger partial charge in [0.05, 0.1) is 12.8 Å². The van der Waals surface area contributed by atoms with E-state index in [0.717, 1.165) is 12.2 Å². The summed E-state index contributed by atoms with van der Waals surface area (Å²) in [5.74, 6) is 2.43. The number of hydrogen-bond acceptors (Lipinski definition) is 3. The third-order valence-corrected chi connectivity index (χ3v) is 3.55. The molecule has 19 heavy (non-hydrogen) atoms. The summed E-state index contributed by atoms with van der Waals surface area (Å²) >= 11 is -1.52. The second-order valence-electron chi connectivity index (χ2n) is 4.64. The van der Waals surface area contributed by atoms with Gasteiger partial charge in [-0.15, -0.1) is 0 Å². The first kappa shape index (κ1) is 15.6. The molecule has 1 aliphatic rings. The van der Waals surface area contributed by atoms with E-state index in [1.807, 2.05) is 0 Å². The molecule has 2 unspecified atom stereocenters. The highest BCUT2D eigenvalue weighted by atomic mass is 32.2. The number of nitrogens with zero attached hydrogens (tertiary/aromatic N) is 2. The fourth-order valence-corrected chi connectivity index (χ4v) is 1.99. The molecule has 0 aromatic heterocycles. The molecule has 0 radical (unpaired) electrons. The van der Waals surface area contributed by atoms with Crippen LogP contribution in [0.3, 0.4) is 0 Å². The van der Waals surface area contributed by atoms with E-state index in [4.69, 9.17) is 4.74 Å². The molecule has 0 bridgehead atoms. The van der Waals surface area contributed by atoms with E-state index in [2.05, 4.69) is 46.8 Å². The van der Waals surface area contributed by atoms with Crippen LogP contribution in [0, 0.1) is 11.8 Å². The Morgan fingerprint density at radius 2 is 2.42 bits per heavy atom. The third kappa shape index (κ3) is 5.83. The molecule has 0 aliphatic carbocycles. The van der Waals surface area contributed by atoms with Crippen molar-refractivity contribution in [1.29, 1.82) is 0 Å². The Morgan fingerprint density at radius 1 is 1.68 bits per heavy atom. The van der Waals surface area contributed by atoms with E-state index in [9.17, 15) is 4.21 Å². The molecular formula is C13H21N3O2S. The van der Waals surface area contributed by atoms with Gasteiger partial charge in [0.2, 0.25) is 11.2 Å². The molecule has 0 aromatic rings. The van der Waals surface area contributed by atoms with Gasteiger partial charge in [-0.3, -0.25) is 9.71 Å². The van der Waals surface area contributed by atoms with Gasteiger partial charge in [0, 0.05) is 6.72 Å². The van der Waals surface area contributed by atoms with Crippen molar-refractivity contribution in [2.75, 3.05) is 6.54 Å². The monoisotopic (exact) mass is 283 g/mol. The van der Waals surface area contributed by atoms with E-state index in [-0.39, 0.29) is 0 Å². The minimum Gasteiger partial charge on any atom is -0.468 e. The average molecular weight is 283 g/mol. The van der Waals surface area contributed by atoms with Gasteiger partial charge < -0.3 is 4.74 Å². The van der Waals surface area contributed by atoms with Crippen molar-refractivity contribution in [3.63, 3.8) is 0 Å². The summed E-state index contributed by atoms with van der Waals surface area (Å²) in [5.41, 5.74) is 0. The van der Waals surface area contributed by atoms with Crippen molar-refractivity contribution in [2.45, 2.75) is 27.2 Å². The zero-order chi connectivity index (χ0) is 14.3. The van der Waals surface area contributed by atoms with Crippen LogP contribution in [0.2, 0.25) is 0 Å². The number of amidine groups is 1. The SMILES string of the molecule is C=NS(=O)NC(C)=NCC1=CCC(C(C)C)C=CO1. The first-order valence-corrected chi connectivity index (χ1v) is 7.32. The molecule has 0 spiro atoms. The Labute approximate surface area is 117 Å². The van der Waals surface area contributed by atoms with Gasteiger partial charge >= 0.3 is 0 Å². The van der Waals surface area contributed by atoms with Gasteiger partial charge in [-0.05, 0) is 37.3 Å². The second-order valence-corrected chi connectivity index (χ2v) is 5.60. The minimum atomic E-state index is -1.52. The topological polar surface area (TPSA) is 63.0 Å². The Morgan fingerprint density at radius 3 is 3.05 bits per heavy atom. The molecule has 0 saturated carbocycles. The van der Waals surface area contributed by atoms with E-state index >= 15 is 0 Å². The summed E-state index contributed by atoms with van der Waals surface area (Å²) < 4.78 is 22.5. The standard InChI is InChI=1S/C13H21N3O2S/c1-10(2)12-5-6-13(18-8-7-12)9-15-11(3)16-19(17)14-4/h6-8,10,12H,4-5,9H2,1-3H3,(H,15,16). The van der Waals surface area contributed by atoms with Crippen LogP contribution in [0.1, 0.15) is 27.2 Å². The quantitative estimate of drug-likeness (QED) is 0.622. The van der Waals surface area contributed by atoms with Crippen molar-refractivity contribution in [1.82, 2.24) is 4.72 Å². The van der Waals surface area contributed by atoms with Gasteiger partial charge in [0.15, 0.2) is 0 Å². The lowest BCUT2D eigenvalue weighted by Gasteiger charge is -2.12. The van der Waals surface area contributed by atoms with E-state index in [1.165, 1.54) is 0 Å². The molecule has 106 valence electrons. The van der Waals surface area contributed by atoms with Crippen LogP contribution >= 0.6 is 0 Å². The maximum absolute atomic E-state index is 11.1. The maximum atomic E-state index is 11.1. The number of nitrogens with one attached hydrogen (secondary N) is 1. The molecule has 5 nitrogen and oxygen atoms in total. The molecule has 1 rings (SSSR count). The third-order valence-electron chi connectivity index (χ3n) is 2.84. The smallest absolute Gasteiger partial charge is 0.243 e. The van der Waals surface area contributed by atoms with Crippen molar-refractivity contribution < 1.29 is 8.95 Å². The lowest BCUT2D eigenvalue weighted by Crippen LogP contribution is -2.21. The average Bonchev–Trinajstić information content (AvgIpc) is 2.61. The van der Waals surface area contributed by atoms with Gasteiger partial charge in [-0.25, -0.2) is 4.21 Å². The maximum Gasteiger partial charge on any atom is 0.243 e. The molecule has 1 aliphatic heterocycles. The largest absolute Gasteiger partial charge is 0.468 e. The highest BCUT2D eigenvalue weighted by Gasteiger charge is 2.12. The zero-order valence-corrected chi connectivity index (χ0v) is 12.4. The molecule has 1 heterocycles. The van der Waals surface area contributed by atoms with Crippen LogP contribution in [0.15, 0.2) is 33.6 Å². The predicted octanol–water partition coefficient (Wildman–Crippen LogP) is 2.36. The molecule has 0 fully saturated rings. The number of aliphatic imine (C=N–C) groups is 1. The van der Waals surface area contributed by atoms with Crippen molar-refractivity contribution >= 4 is 23.7 Å². The van der Waals surface area contributed by atoms with Crippen molar-refractivity contribution in [2.24, 2.45) is 21.2 Å². The molecule has 6 heteroatoms. The molecular weight excluding hydrogens is 262 g/mol. The van der Waals surface area contributed by atoms with Gasteiger partial charge in [0.25, 0.3) is 0 Å². The Bertz CT molecular complexity index is 428. The van der Waals surface area contributed by atoms with Crippen LogP contribution in [0.4, 0.5) is 0 Å². The first-order valence-electron chi connectivity index (χ1n) is 6.21. The van der Waals surface area contributed by atoms with Crippen LogP contribution in [0.5, 0.6) is 0 Å². The number of rotatable bonds is 5. The number of ether oxygens (including phenoxy) is 1. The summed E-state index contributed by atoms with van der Waals surface area (Å²) in [6, 6.07) is 0. The fourth-order valence-electron chi connectivity index (χ4n) is 1.61. The van der Waals surface area contributed by atoms with Crippen LogP contribution in [-0.4, -0.2) is 23.3 Å². The Hall–Kier alpha value is -1.43. The summed E-state index contributed by atoms with van der Waals surface area (Å²) in [6.07, 6.45) is 6.82. The van der Waals surface area contributed by atoms with E-state index < -0.39 is 11.2 Å². The second kappa shape index (κ2) is 7.89. The lowest BCUT2D eigenvalue weighted by molar-refractivity contribution is 0.345. The molecule has 2 atom stereocenters. The summed E-state index contributed by atoms with van der Waals surface area (Å²) in [5, 5.41) is 0. The Balaban J connectivity index is 2.54. The lowest BCUT2D eigenvalue weighted by atomic mass is 9.93. The van der Waals surface area contributed by atoms with E-state index in [0.29, 0.717) is 24.2 Å². The van der Waals surface area contributed by atoms with Crippen LogP contribution in [-0.2, 0) is 15.9 Å². The van der Waals surface area contributed by atoms with Crippen LogP contribution in [0.25, 0.3) is 0 Å². The fraction of sp³-hybridized carbons (Fsp3) is 0.538. The highest BCUT2D eigenvalue weighted by Crippen LogP contribution is 2.21. The first-order chi connectivity index (χ1) is 9.02. The summed E-state index contributed by atoms with van der Waals surface area (Å²) in [6.45, 7) is 9.72. The van der Waals surface area contributed by atoms with Gasteiger partial charge in [0.1, 0.15) is 11.6 Å². The minimum absolute atomic E-state index is 0.419. The Kier molecular flexibility index (Phi) is 6.49. The number of allylic oxidation sites excluding steroid dienone is 2. The predicted molar refractivity (Wildman–Crippen MR) is 80.1 cm³/mol. The van der Waals surface area contributed by atoms with Gasteiger partial charge in [-0.2, -0.15) is 4.40 Å². The van der Waals surface area contributed by atoms with Crippen molar-refractivity contribution in [3.05, 3.63) is 24.2 Å². The zero-order valence-electron chi connectivity index (χ0n) is 11.6. The molecule has 1 N–H and O–H groups in total. The normalized spacial score (nSPS) is 21.4. The summed E-state index contributed by atoms with van der Waals surface area (Å²) in [4.78, 5) is 4.24. The van der Waals surface area contributed by atoms with Crippen LogP contribution < -0.4 is 4.72 Å². The molecule has 0 amide bonds. The molecule has 0 saturated heterocycles. The number of hydrogen-bond donors (Lipinski definition) is 1. The molecule has 0 aromatic carbocycles. The van der Waals surface area contributed by atoms with Gasteiger partial charge in [-0.1, -0.05) is 13.8 Å². The van der Waals surface area contributed by atoms with E-state index in [1.54, 1.807) is 13.2 Å². The highest BCUT2D eigenvalue weighted by molar-refractivity contribution is 7.82. The summed E-state index contributed by atoms with van der Waals surface area (Å²) in [7, 11) is 0.